The summed E-state index contributed by atoms with van der Waals surface area (Å²) < 4.78 is 4.49. The van der Waals surface area contributed by atoms with Crippen molar-refractivity contribution in [1.82, 2.24) is 0 Å². The first kappa shape index (κ1) is 10.6. The molecule has 0 radical (unpaired) electrons. The van der Waals surface area contributed by atoms with E-state index in [9.17, 15) is 0 Å². The summed E-state index contributed by atoms with van der Waals surface area (Å²) in [7, 11) is 18.8. The fourth-order valence-corrected chi connectivity index (χ4v) is 2.33. The standard InChI is InChI=1S/C4H9O.3ClH.Sn/c1-4(2)5-3;;;;/h1-3H3;3*1H;/q;;;;+3/p-3. The van der Waals surface area contributed by atoms with Gasteiger partial charge in [-0.2, -0.15) is 0 Å². The van der Waals surface area contributed by atoms with Crippen molar-refractivity contribution in [2.45, 2.75) is 17.5 Å². The first-order valence-electron chi connectivity index (χ1n) is 2.43. The summed E-state index contributed by atoms with van der Waals surface area (Å²) in [6.07, 6.45) is 0. The minimum absolute atomic E-state index is 0.515. The Bertz CT molecular complexity index is 98.5. The Hall–Kier alpha value is 1.63. The molecule has 0 unspecified atom stereocenters. The van der Waals surface area contributed by atoms with Gasteiger partial charge in [0.05, 0.1) is 0 Å². The molecule has 0 N–H and O–H groups in total. The van der Waals surface area contributed by atoms with E-state index in [1.807, 2.05) is 0 Å². The van der Waals surface area contributed by atoms with Crippen LogP contribution in [0.1, 0.15) is 13.8 Å². The molecule has 0 aliphatic heterocycles. The Labute approximate surface area is 70.6 Å². The molecule has 5 heteroatoms. The molecule has 1 nitrogen and oxygen atoms in total. The molecule has 0 rings (SSSR count). The van der Waals surface area contributed by atoms with E-state index in [1.165, 1.54) is 0 Å². The third-order valence-corrected chi connectivity index (χ3v) is 14.8. The fourth-order valence-electron chi connectivity index (χ4n) is 0.116. The van der Waals surface area contributed by atoms with E-state index >= 15 is 0 Å². The van der Waals surface area contributed by atoms with Crippen LogP contribution >= 0.6 is 26.8 Å². The van der Waals surface area contributed by atoms with E-state index in [1.54, 1.807) is 21.0 Å². The Balaban J connectivity index is 4.14. The van der Waals surface area contributed by atoms with Crippen molar-refractivity contribution in [2.24, 2.45) is 0 Å². The second-order valence-electron chi connectivity index (χ2n) is 2.21. The van der Waals surface area contributed by atoms with Crippen LogP contribution < -0.4 is 0 Å². The van der Waals surface area contributed by atoms with Crippen molar-refractivity contribution in [3.63, 3.8) is 0 Å². The average Bonchev–Trinajstić information content (AvgIpc) is 1.64. The fraction of sp³-hybridized carbons (Fsp3) is 1.00. The van der Waals surface area contributed by atoms with Gasteiger partial charge in [0.25, 0.3) is 0 Å². The first-order valence-corrected chi connectivity index (χ1v) is 14.7. The average molecular weight is 298 g/mol. The monoisotopic (exact) mass is 298 g/mol. The molecule has 0 aromatic heterocycles. The van der Waals surface area contributed by atoms with E-state index in [0.717, 1.165) is 0 Å². The maximum absolute atomic E-state index is 5.74. The summed E-state index contributed by atoms with van der Waals surface area (Å²) in [5.74, 6) is 0. The van der Waals surface area contributed by atoms with E-state index in [2.05, 4.69) is 0 Å². The summed E-state index contributed by atoms with van der Waals surface area (Å²) in [5.41, 5.74) is 0. The molecule has 0 heterocycles. The van der Waals surface area contributed by atoms with Crippen LogP contribution in [0.15, 0.2) is 0 Å². The van der Waals surface area contributed by atoms with Gasteiger partial charge in [0.1, 0.15) is 0 Å². The predicted molar refractivity (Wildman–Crippen MR) is 44.4 cm³/mol. The zero-order chi connectivity index (χ0) is 7.71. The minimum atomic E-state index is -3.37. The van der Waals surface area contributed by atoms with Gasteiger partial charge >= 0.3 is 71.1 Å². The molecular formula is C4H9Cl3OSn. The molecule has 0 saturated heterocycles. The van der Waals surface area contributed by atoms with Gasteiger partial charge in [0.15, 0.2) is 0 Å². The zero-order valence-corrected chi connectivity index (χ0v) is 10.7. The van der Waals surface area contributed by atoms with Crippen LogP contribution in [0.5, 0.6) is 0 Å². The van der Waals surface area contributed by atoms with Crippen LogP contribution in [-0.2, 0) is 4.74 Å². The van der Waals surface area contributed by atoms with Crippen LogP contribution in [0.4, 0.5) is 0 Å². The summed E-state index contributed by atoms with van der Waals surface area (Å²) >= 11 is -3.37. The molecule has 56 valence electrons. The molecule has 0 aromatic carbocycles. The topological polar surface area (TPSA) is 9.23 Å². The van der Waals surface area contributed by atoms with Crippen LogP contribution in [0.25, 0.3) is 0 Å². The van der Waals surface area contributed by atoms with Gasteiger partial charge in [-0.05, 0) is 0 Å². The van der Waals surface area contributed by atoms with E-state index in [4.69, 9.17) is 31.5 Å². The molecule has 0 bridgehead atoms. The summed E-state index contributed by atoms with van der Waals surface area (Å²) in [5, 5.41) is 0. The molecule has 0 amide bonds. The Morgan fingerprint density at radius 3 is 1.56 bits per heavy atom. The van der Waals surface area contributed by atoms with Gasteiger partial charge in [0, 0.05) is 0 Å². The predicted octanol–water partition coefficient (Wildman–Crippen LogP) is 2.61. The molecule has 0 spiro atoms. The second-order valence-corrected chi connectivity index (χ2v) is 23.8. The molecule has 0 aliphatic carbocycles. The maximum atomic E-state index is 5.74. The number of hydrogen-bond donors (Lipinski definition) is 0. The Morgan fingerprint density at radius 2 is 1.56 bits per heavy atom. The molecular weight excluding hydrogens is 289 g/mol. The zero-order valence-electron chi connectivity index (χ0n) is 5.54. The first-order chi connectivity index (χ1) is 3.81. The van der Waals surface area contributed by atoms with Gasteiger partial charge < -0.3 is 0 Å². The second kappa shape index (κ2) is 3.35. The normalized spacial score (nSPS) is 14.0. The molecule has 0 atom stereocenters. The van der Waals surface area contributed by atoms with Crippen molar-refractivity contribution >= 4 is 41.8 Å². The number of rotatable bonds is 2. The van der Waals surface area contributed by atoms with Gasteiger partial charge in [-0.25, -0.2) is 0 Å². The molecule has 0 saturated carbocycles. The third kappa shape index (κ3) is 3.02. The summed E-state index contributed by atoms with van der Waals surface area (Å²) in [4.78, 5) is 0. The van der Waals surface area contributed by atoms with Gasteiger partial charge in [0.2, 0.25) is 0 Å². The van der Waals surface area contributed by atoms with Gasteiger partial charge in [-0.1, -0.05) is 0 Å². The van der Waals surface area contributed by atoms with Crippen molar-refractivity contribution in [2.75, 3.05) is 7.11 Å². The number of hydrogen-bond acceptors (Lipinski definition) is 1. The SMILES string of the molecule is CO[C](C)(C)[Sn]([Cl])([Cl])[Cl]. The summed E-state index contributed by atoms with van der Waals surface area (Å²) in [6, 6.07) is 0. The van der Waals surface area contributed by atoms with Crippen molar-refractivity contribution in [3.05, 3.63) is 0 Å². The molecule has 0 aliphatic rings. The Morgan fingerprint density at radius 1 is 1.22 bits per heavy atom. The quantitative estimate of drug-likeness (QED) is 0.712. The number of ether oxygens (including phenoxy) is 1. The van der Waals surface area contributed by atoms with E-state index in [0.29, 0.717) is 0 Å². The summed E-state index contributed by atoms with van der Waals surface area (Å²) in [6.45, 7) is 3.60. The molecule has 0 fully saturated rings. The van der Waals surface area contributed by atoms with Crippen LogP contribution in [-0.4, -0.2) is 25.7 Å². The van der Waals surface area contributed by atoms with E-state index in [-0.39, 0.29) is 0 Å². The van der Waals surface area contributed by atoms with Crippen LogP contribution in [0, 0.1) is 0 Å². The van der Waals surface area contributed by atoms with Gasteiger partial charge in [-0.3, -0.25) is 0 Å². The molecule has 9 heavy (non-hydrogen) atoms. The van der Waals surface area contributed by atoms with E-state index < -0.39 is 18.6 Å². The van der Waals surface area contributed by atoms with Crippen LogP contribution in [0.2, 0.25) is 0 Å². The number of methoxy groups -OCH3 is 1. The Kier molecular flexibility index (Phi) is 3.96. The van der Waals surface area contributed by atoms with Gasteiger partial charge in [-0.15, -0.1) is 0 Å². The van der Waals surface area contributed by atoms with Crippen molar-refractivity contribution < 1.29 is 4.74 Å². The molecule has 0 aromatic rings. The van der Waals surface area contributed by atoms with Crippen LogP contribution in [0.3, 0.4) is 0 Å². The van der Waals surface area contributed by atoms with Crippen molar-refractivity contribution in [3.8, 4) is 0 Å². The third-order valence-electron chi connectivity index (χ3n) is 1.19. The number of halogens is 3. The van der Waals surface area contributed by atoms with Crippen molar-refractivity contribution in [1.29, 1.82) is 0 Å².